The van der Waals surface area contributed by atoms with Crippen LogP contribution in [0.4, 0.5) is 0 Å². The molecule has 0 amide bonds. The summed E-state index contributed by atoms with van der Waals surface area (Å²) >= 11 is 0. The average molecular weight is 334 g/mol. The molecule has 0 aliphatic heterocycles. The minimum Gasteiger partial charge on any atom is -0.481 e. The van der Waals surface area contributed by atoms with Gasteiger partial charge in [0.1, 0.15) is 0 Å². The average Bonchev–Trinajstić information content (AvgIpc) is 2.89. The number of hydrogen-bond donors (Lipinski definition) is 2. The predicted octanol–water partition coefficient (Wildman–Crippen LogP) is 4.06. The normalized spacial score (nSPS) is 22.0. The number of ketones is 1. The third-order valence-corrected chi connectivity index (χ3v) is 4.29. The van der Waals surface area contributed by atoms with Gasteiger partial charge in [-0.05, 0) is 31.8 Å². The molecule has 1 aliphatic rings. The number of hydrogen-bond acceptors (Lipinski definition) is 3. The summed E-state index contributed by atoms with van der Waals surface area (Å²) < 4.78 is 0. The minimum atomic E-state index is -0.777. The van der Waals surface area contributed by atoms with Gasteiger partial charge >= 0.3 is 5.97 Å². The Hall–Kier alpha value is -1.68. The molecule has 0 aromatic heterocycles. The van der Waals surface area contributed by atoms with Gasteiger partial charge in [0.05, 0.1) is 6.10 Å². The molecule has 4 heteroatoms. The lowest BCUT2D eigenvalue weighted by Gasteiger charge is -2.13. The number of rotatable bonds is 12. The summed E-state index contributed by atoms with van der Waals surface area (Å²) in [5.41, 5.74) is 0. The number of aliphatic hydroxyl groups excluding tert-OH is 1. The van der Waals surface area contributed by atoms with Crippen molar-refractivity contribution in [3.05, 3.63) is 36.5 Å². The van der Waals surface area contributed by atoms with E-state index in [0.717, 1.165) is 32.1 Å². The Morgan fingerprint density at radius 2 is 2.08 bits per heavy atom. The van der Waals surface area contributed by atoms with E-state index in [-0.39, 0.29) is 24.0 Å². The van der Waals surface area contributed by atoms with Crippen LogP contribution in [0, 0.1) is 11.8 Å². The molecular weight excluding hydrogens is 304 g/mol. The third-order valence-electron chi connectivity index (χ3n) is 4.29. The van der Waals surface area contributed by atoms with Crippen molar-refractivity contribution < 1.29 is 19.8 Å². The molecule has 0 aromatic rings. The van der Waals surface area contributed by atoms with Gasteiger partial charge in [-0.25, -0.2) is 0 Å². The summed E-state index contributed by atoms with van der Waals surface area (Å²) in [5, 5.41) is 18.5. The van der Waals surface area contributed by atoms with Crippen LogP contribution in [0.2, 0.25) is 0 Å². The largest absolute Gasteiger partial charge is 0.481 e. The summed E-state index contributed by atoms with van der Waals surface area (Å²) in [6, 6.07) is 0. The molecule has 0 spiro atoms. The molecule has 1 unspecified atom stereocenters. The zero-order valence-electron chi connectivity index (χ0n) is 14.6. The highest BCUT2D eigenvalue weighted by Gasteiger charge is 2.27. The van der Waals surface area contributed by atoms with Crippen LogP contribution in [0.15, 0.2) is 36.5 Å². The van der Waals surface area contributed by atoms with Crippen LogP contribution in [-0.2, 0) is 9.59 Å². The van der Waals surface area contributed by atoms with E-state index >= 15 is 0 Å². The van der Waals surface area contributed by atoms with Gasteiger partial charge in [0.25, 0.3) is 0 Å². The van der Waals surface area contributed by atoms with Gasteiger partial charge < -0.3 is 10.2 Å². The van der Waals surface area contributed by atoms with E-state index in [1.807, 2.05) is 30.4 Å². The quantitative estimate of drug-likeness (QED) is 0.417. The van der Waals surface area contributed by atoms with Crippen molar-refractivity contribution >= 4 is 11.8 Å². The first kappa shape index (κ1) is 20.4. The van der Waals surface area contributed by atoms with Crippen molar-refractivity contribution in [2.75, 3.05) is 0 Å². The van der Waals surface area contributed by atoms with Crippen LogP contribution in [0.3, 0.4) is 0 Å². The molecule has 0 aromatic carbocycles. The van der Waals surface area contributed by atoms with Crippen LogP contribution in [0.1, 0.15) is 58.3 Å². The summed E-state index contributed by atoms with van der Waals surface area (Å²) in [6.07, 6.45) is 17.0. The summed E-state index contributed by atoms with van der Waals surface area (Å²) in [5.74, 6) is -0.705. The molecule has 0 fully saturated rings. The fourth-order valence-electron chi connectivity index (χ4n) is 2.81. The summed E-state index contributed by atoms with van der Waals surface area (Å²) in [7, 11) is 0. The summed E-state index contributed by atoms with van der Waals surface area (Å²) in [6.45, 7) is 2.14. The maximum Gasteiger partial charge on any atom is 0.303 e. The third kappa shape index (κ3) is 8.25. The van der Waals surface area contributed by atoms with Gasteiger partial charge in [0, 0.05) is 18.3 Å². The second-order valence-electron chi connectivity index (χ2n) is 6.39. The Kier molecular flexibility index (Phi) is 10.0. The number of aliphatic hydroxyl groups is 1. The highest BCUT2D eigenvalue weighted by atomic mass is 16.4. The Morgan fingerprint density at radius 3 is 2.79 bits per heavy atom. The number of carbonyl (C=O) groups is 2. The second kappa shape index (κ2) is 11.8. The SMILES string of the molecule is CCCCCC(O)/C=C/[C@H]1C=CC(=O)[C@@H]1C/C=C/CCCC(=O)O. The van der Waals surface area contributed by atoms with Crippen LogP contribution in [-0.4, -0.2) is 28.1 Å². The molecule has 134 valence electrons. The Bertz CT molecular complexity index is 476. The highest BCUT2D eigenvalue weighted by molar-refractivity contribution is 5.95. The second-order valence-corrected chi connectivity index (χ2v) is 6.39. The van der Waals surface area contributed by atoms with Gasteiger partial charge in [0.2, 0.25) is 0 Å². The first-order chi connectivity index (χ1) is 11.5. The van der Waals surface area contributed by atoms with E-state index in [9.17, 15) is 14.7 Å². The van der Waals surface area contributed by atoms with Crippen LogP contribution in [0.25, 0.3) is 0 Å². The predicted molar refractivity (Wildman–Crippen MR) is 95.7 cm³/mol. The molecule has 1 aliphatic carbocycles. The lowest BCUT2D eigenvalue weighted by Crippen LogP contribution is -2.14. The lowest BCUT2D eigenvalue weighted by atomic mass is 9.90. The number of aliphatic carboxylic acids is 1. The van der Waals surface area contributed by atoms with Gasteiger partial charge in [-0.15, -0.1) is 0 Å². The fourth-order valence-corrected chi connectivity index (χ4v) is 2.81. The van der Waals surface area contributed by atoms with E-state index in [0.29, 0.717) is 12.8 Å². The first-order valence-corrected chi connectivity index (χ1v) is 8.99. The van der Waals surface area contributed by atoms with Crippen LogP contribution < -0.4 is 0 Å². The van der Waals surface area contributed by atoms with Gasteiger partial charge in [-0.1, -0.05) is 56.6 Å². The number of carboxylic acid groups (broad SMARTS) is 1. The Morgan fingerprint density at radius 1 is 1.29 bits per heavy atom. The molecule has 0 bridgehead atoms. The molecule has 1 rings (SSSR count). The summed E-state index contributed by atoms with van der Waals surface area (Å²) in [4.78, 5) is 22.4. The Balaban J connectivity index is 2.38. The van der Waals surface area contributed by atoms with Gasteiger partial charge in [0.15, 0.2) is 5.78 Å². The van der Waals surface area contributed by atoms with Crippen molar-refractivity contribution in [3.8, 4) is 0 Å². The maximum atomic E-state index is 12.0. The van der Waals surface area contributed by atoms with E-state index in [1.54, 1.807) is 6.08 Å². The smallest absolute Gasteiger partial charge is 0.303 e. The molecule has 2 N–H and O–H groups in total. The molecule has 0 saturated carbocycles. The number of carbonyl (C=O) groups excluding carboxylic acids is 1. The van der Waals surface area contributed by atoms with E-state index < -0.39 is 12.1 Å². The standard InChI is InChI=1S/C20H30O4/c1-2-3-6-9-17(21)14-12-16-13-15-19(22)18(16)10-7-4-5-8-11-20(23)24/h4,7,12-18,21H,2-3,5-6,8-11H2,1H3,(H,23,24)/b7-4+,14-12+/t16-,17?,18+/m0/s1. The van der Waals surface area contributed by atoms with E-state index in [4.69, 9.17) is 5.11 Å². The zero-order valence-corrected chi connectivity index (χ0v) is 14.6. The molecule has 0 heterocycles. The van der Waals surface area contributed by atoms with Gasteiger partial charge in [-0.3, -0.25) is 9.59 Å². The molecule has 4 nitrogen and oxygen atoms in total. The molecule has 0 radical (unpaired) electrons. The molecule has 0 saturated heterocycles. The van der Waals surface area contributed by atoms with Crippen molar-refractivity contribution in [3.63, 3.8) is 0 Å². The topological polar surface area (TPSA) is 74.6 Å². The number of unbranched alkanes of at least 4 members (excludes halogenated alkanes) is 3. The fraction of sp³-hybridized carbons (Fsp3) is 0.600. The molecule has 24 heavy (non-hydrogen) atoms. The van der Waals surface area contributed by atoms with Crippen molar-refractivity contribution in [2.24, 2.45) is 11.8 Å². The number of carboxylic acids is 1. The zero-order chi connectivity index (χ0) is 17.8. The van der Waals surface area contributed by atoms with E-state index in [1.165, 1.54) is 0 Å². The van der Waals surface area contributed by atoms with Crippen molar-refractivity contribution in [1.82, 2.24) is 0 Å². The number of allylic oxidation sites excluding steroid dienone is 5. The lowest BCUT2D eigenvalue weighted by molar-refractivity contribution is -0.137. The maximum absolute atomic E-state index is 12.0. The Labute approximate surface area is 145 Å². The van der Waals surface area contributed by atoms with Crippen LogP contribution >= 0.6 is 0 Å². The first-order valence-electron chi connectivity index (χ1n) is 8.99. The van der Waals surface area contributed by atoms with Gasteiger partial charge in [-0.2, -0.15) is 0 Å². The monoisotopic (exact) mass is 334 g/mol. The molecule has 3 atom stereocenters. The minimum absolute atomic E-state index is 0.0435. The molecular formula is C20H30O4. The van der Waals surface area contributed by atoms with E-state index in [2.05, 4.69) is 6.92 Å². The van der Waals surface area contributed by atoms with Crippen molar-refractivity contribution in [2.45, 2.75) is 64.4 Å². The highest BCUT2D eigenvalue weighted by Crippen LogP contribution is 2.27. The van der Waals surface area contributed by atoms with Crippen molar-refractivity contribution in [1.29, 1.82) is 0 Å². The van der Waals surface area contributed by atoms with Crippen LogP contribution in [0.5, 0.6) is 0 Å².